The molecule has 0 radical (unpaired) electrons. The molecule has 1 fully saturated rings. The Kier molecular flexibility index (Phi) is 5.08. The fourth-order valence-electron chi connectivity index (χ4n) is 2.10. The van der Waals surface area contributed by atoms with Crippen molar-refractivity contribution in [1.29, 1.82) is 0 Å². The van der Waals surface area contributed by atoms with E-state index in [4.69, 9.17) is 5.73 Å². The van der Waals surface area contributed by atoms with Gasteiger partial charge in [-0.2, -0.15) is 0 Å². The van der Waals surface area contributed by atoms with Crippen LogP contribution in [-0.4, -0.2) is 41.3 Å². The summed E-state index contributed by atoms with van der Waals surface area (Å²) >= 11 is 1.36. The molecule has 0 spiro atoms. The molecule has 1 atom stereocenters. The number of nitrogens with two attached hydrogens (primary N) is 1. The molecule has 1 aliphatic rings. The zero-order valence-electron chi connectivity index (χ0n) is 11.6. The van der Waals surface area contributed by atoms with Gasteiger partial charge in [0.05, 0.1) is 12.6 Å². The second-order valence-corrected chi connectivity index (χ2v) is 5.87. The van der Waals surface area contributed by atoms with E-state index < -0.39 is 0 Å². The predicted octanol–water partition coefficient (Wildman–Crippen LogP) is 0.905. The molecule has 1 unspecified atom stereocenters. The largest absolute Gasteiger partial charge is 0.342 e. The number of nitrogens with one attached hydrogen (secondary N) is 1. The summed E-state index contributed by atoms with van der Waals surface area (Å²) in [5, 5.41) is 5.01. The molecule has 7 heteroatoms. The summed E-state index contributed by atoms with van der Waals surface area (Å²) < 4.78 is 0. The predicted molar refractivity (Wildman–Crippen MR) is 77.5 cm³/mol. The van der Waals surface area contributed by atoms with E-state index in [9.17, 15) is 9.59 Å². The lowest BCUT2D eigenvalue weighted by Gasteiger charge is -2.26. The highest BCUT2D eigenvalue weighted by atomic mass is 32.1. The van der Waals surface area contributed by atoms with Crippen molar-refractivity contribution in [2.75, 3.05) is 19.6 Å². The van der Waals surface area contributed by atoms with Crippen LogP contribution < -0.4 is 11.1 Å². The number of nitrogens with zero attached hydrogens (tertiary/aromatic N) is 2. The molecular weight excluding hydrogens is 276 g/mol. The number of rotatable bonds is 4. The van der Waals surface area contributed by atoms with Crippen LogP contribution in [0.15, 0.2) is 5.38 Å². The van der Waals surface area contributed by atoms with E-state index in [1.165, 1.54) is 17.8 Å². The number of hydrogen-bond donors (Lipinski definition) is 2. The summed E-state index contributed by atoms with van der Waals surface area (Å²) in [6.45, 7) is 3.44. The number of aromatic nitrogens is 1. The normalized spacial score (nSPS) is 16.8. The minimum Gasteiger partial charge on any atom is -0.342 e. The van der Waals surface area contributed by atoms with E-state index in [0.717, 1.165) is 30.9 Å². The maximum atomic E-state index is 11.9. The Morgan fingerprint density at radius 2 is 2.15 bits per heavy atom. The number of likely N-dealkylation sites (tertiary alicyclic amines) is 1. The summed E-state index contributed by atoms with van der Waals surface area (Å²) in [5.41, 5.74) is 6.03. The van der Waals surface area contributed by atoms with Gasteiger partial charge in [-0.05, 0) is 26.2 Å². The van der Waals surface area contributed by atoms with Crippen LogP contribution in [0.5, 0.6) is 0 Å². The highest BCUT2D eigenvalue weighted by Crippen LogP contribution is 2.15. The van der Waals surface area contributed by atoms with Gasteiger partial charge in [0, 0.05) is 18.5 Å². The fourth-order valence-corrected chi connectivity index (χ4v) is 2.86. The van der Waals surface area contributed by atoms with E-state index >= 15 is 0 Å². The molecule has 3 N–H and O–H groups in total. The van der Waals surface area contributed by atoms with Crippen LogP contribution in [0.2, 0.25) is 0 Å². The van der Waals surface area contributed by atoms with Gasteiger partial charge in [0.25, 0.3) is 5.91 Å². The number of carbonyl (C=O) groups excluding carboxylic acids is 2. The molecule has 2 heterocycles. The third kappa shape index (κ3) is 3.77. The first kappa shape index (κ1) is 14.9. The maximum absolute atomic E-state index is 11.9. The first-order valence-corrected chi connectivity index (χ1v) is 7.73. The maximum Gasteiger partial charge on any atom is 0.271 e. The molecule has 6 nitrogen and oxygen atoms in total. The van der Waals surface area contributed by atoms with E-state index in [2.05, 4.69) is 10.3 Å². The first-order chi connectivity index (χ1) is 9.58. The monoisotopic (exact) mass is 296 g/mol. The Hall–Kier alpha value is -1.47. The summed E-state index contributed by atoms with van der Waals surface area (Å²) in [6.07, 6.45) is 3.27. The topological polar surface area (TPSA) is 88.3 Å². The molecule has 110 valence electrons. The van der Waals surface area contributed by atoms with Crippen LogP contribution in [0.1, 0.15) is 47.7 Å². The van der Waals surface area contributed by atoms with E-state index in [1.54, 1.807) is 10.3 Å². The summed E-state index contributed by atoms with van der Waals surface area (Å²) in [5.74, 6) is -0.348. The summed E-state index contributed by atoms with van der Waals surface area (Å²) in [4.78, 5) is 29.8. The smallest absolute Gasteiger partial charge is 0.271 e. The van der Waals surface area contributed by atoms with Crippen molar-refractivity contribution in [3.8, 4) is 0 Å². The lowest BCUT2D eigenvalue weighted by molar-refractivity contribution is -0.130. The molecule has 20 heavy (non-hydrogen) atoms. The van der Waals surface area contributed by atoms with E-state index in [1.807, 2.05) is 6.92 Å². The average molecular weight is 296 g/mol. The standard InChI is InChI=1S/C13H20N4O2S/c1-9(14)13-16-10(8-20-13)12(19)15-7-11(18)17-5-3-2-4-6-17/h8-9H,2-7,14H2,1H3,(H,15,19). The van der Waals surface area contributed by atoms with Crippen LogP contribution in [0, 0.1) is 0 Å². The van der Waals surface area contributed by atoms with Crippen LogP contribution in [-0.2, 0) is 4.79 Å². The molecule has 1 aliphatic heterocycles. The molecule has 0 aromatic carbocycles. The molecule has 1 aromatic rings. The van der Waals surface area contributed by atoms with Crippen molar-refractivity contribution in [1.82, 2.24) is 15.2 Å². The molecule has 0 aliphatic carbocycles. The highest BCUT2D eigenvalue weighted by Gasteiger charge is 2.18. The van der Waals surface area contributed by atoms with Crippen molar-refractivity contribution in [2.45, 2.75) is 32.2 Å². The Bertz CT molecular complexity index is 480. The van der Waals surface area contributed by atoms with Gasteiger partial charge in [0.2, 0.25) is 5.91 Å². The van der Waals surface area contributed by atoms with Gasteiger partial charge in [-0.1, -0.05) is 0 Å². The van der Waals surface area contributed by atoms with Gasteiger partial charge in [-0.3, -0.25) is 9.59 Å². The Morgan fingerprint density at radius 1 is 1.45 bits per heavy atom. The zero-order chi connectivity index (χ0) is 14.5. The Morgan fingerprint density at radius 3 is 2.75 bits per heavy atom. The number of carbonyl (C=O) groups is 2. The summed E-state index contributed by atoms with van der Waals surface area (Å²) in [6, 6.07) is -0.184. The SMILES string of the molecule is CC(N)c1nc(C(=O)NCC(=O)N2CCCCC2)cs1. The number of piperidine rings is 1. The molecule has 0 saturated carbocycles. The quantitative estimate of drug-likeness (QED) is 0.864. The summed E-state index contributed by atoms with van der Waals surface area (Å²) in [7, 11) is 0. The van der Waals surface area contributed by atoms with Crippen LogP contribution >= 0.6 is 11.3 Å². The van der Waals surface area contributed by atoms with Gasteiger partial charge >= 0.3 is 0 Å². The van der Waals surface area contributed by atoms with Crippen molar-refractivity contribution in [3.63, 3.8) is 0 Å². The fraction of sp³-hybridized carbons (Fsp3) is 0.615. The average Bonchev–Trinajstić information content (AvgIpc) is 2.95. The number of thiazole rings is 1. The zero-order valence-corrected chi connectivity index (χ0v) is 12.4. The minimum atomic E-state index is -0.321. The van der Waals surface area contributed by atoms with Gasteiger partial charge < -0.3 is 16.0 Å². The van der Waals surface area contributed by atoms with Crippen molar-refractivity contribution >= 4 is 23.2 Å². The van der Waals surface area contributed by atoms with Crippen molar-refractivity contribution in [3.05, 3.63) is 16.1 Å². The number of amides is 2. The molecule has 2 amide bonds. The lowest BCUT2D eigenvalue weighted by Crippen LogP contribution is -2.42. The second-order valence-electron chi connectivity index (χ2n) is 4.98. The van der Waals surface area contributed by atoms with Gasteiger partial charge in [0.1, 0.15) is 10.7 Å². The van der Waals surface area contributed by atoms with Crippen LogP contribution in [0.25, 0.3) is 0 Å². The van der Waals surface area contributed by atoms with Gasteiger partial charge in [-0.15, -0.1) is 11.3 Å². The van der Waals surface area contributed by atoms with Crippen molar-refractivity contribution < 1.29 is 9.59 Å². The minimum absolute atomic E-state index is 0.0271. The molecular formula is C13H20N4O2S. The molecule has 1 saturated heterocycles. The van der Waals surface area contributed by atoms with Crippen molar-refractivity contribution in [2.24, 2.45) is 5.73 Å². The molecule has 2 rings (SSSR count). The second kappa shape index (κ2) is 6.81. The Balaban J connectivity index is 1.83. The first-order valence-electron chi connectivity index (χ1n) is 6.85. The third-order valence-electron chi connectivity index (χ3n) is 3.25. The van der Waals surface area contributed by atoms with Crippen LogP contribution in [0.4, 0.5) is 0 Å². The van der Waals surface area contributed by atoms with Gasteiger partial charge in [0.15, 0.2) is 0 Å². The van der Waals surface area contributed by atoms with Gasteiger partial charge in [-0.25, -0.2) is 4.98 Å². The highest BCUT2D eigenvalue weighted by molar-refractivity contribution is 7.09. The lowest BCUT2D eigenvalue weighted by atomic mass is 10.1. The van der Waals surface area contributed by atoms with E-state index in [-0.39, 0.29) is 24.4 Å². The molecule has 1 aromatic heterocycles. The number of hydrogen-bond acceptors (Lipinski definition) is 5. The Labute approximate surface area is 122 Å². The third-order valence-corrected chi connectivity index (χ3v) is 4.30. The van der Waals surface area contributed by atoms with Crippen LogP contribution in [0.3, 0.4) is 0 Å². The van der Waals surface area contributed by atoms with E-state index in [0.29, 0.717) is 5.69 Å². The molecule has 0 bridgehead atoms.